The maximum atomic E-state index is 5.78. The number of hydrogen-bond donors (Lipinski definition) is 0. The summed E-state index contributed by atoms with van der Waals surface area (Å²) in [5.41, 5.74) is 2.98. The second-order valence-corrected chi connectivity index (χ2v) is 7.00. The highest BCUT2D eigenvalue weighted by molar-refractivity contribution is 5.62. The Balaban J connectivity index is 1.69. The Kier molecular flexibility index (Phi) is 4.24. The molecule has 5 rings (SSSR count). The fourth-order valence-electron chi connectivity index (χ4n) is 4.05. The van der Waals surface area contributed by atoms with Gasteiger partial charge in [-0.05, 0) is 47.7 Å². The molecule has 0 N–H and O–H groups in total. The highest BCUT2D eigenvalue weighted by atomic mass is 16.7. The summed E-state index contributed by atoms with van der Waals surface area (Å²) in [5, 5.41) is 12.6. The molecule has 0 saturated heterocycles. The van der Waals surface area contributed by atoms with Gasteiger partial charge in [0.15, 0.2) is 17.3 Å². The molecule has 0 saturated carbocycles. The lowest BCUT2D eigenvalue weighted by atomic mass is 9.90. The van der Waals surface area contributed by atoms with Gasteiger partial charge in [0.05, 0.1) is 19.9 Å². The Morgan fingerprint density at radius 1 is 1.14 bits per heavy atom. The standard InChI is InChI=1S/C20H21N5O4/c1-24-8-7-12-9-15-18(29-11-28-15)19(27-3)16(12)17(24)20-21-22-23-25(20)13-5-4-6-14(10-13)26-2/h4-6,9-10,17H,7-8,11H2,1-3H3/t17-/m0/s1. The quantitative estimate of drug-likeness (QED) is 0.663. The Bertz CT molecular complexity index is 1070. The third kappa shape index (κ3) is 2.77. The molecule has 2 aliphatic rings. The van der Waals surface area contributed by atoms with E-state index in [2.05, 4.69) is 27.5 Å². The topological polar surface area (TPSA) is 83.8 Å². The molecule has 0 radical (unpaired) electrons. The van der Waals surface area contributed by atoms with Gasteiger partial charge in [-0.2, -0.15) is 4.68 Å². The number of benzene rings is 2. The molecule has 3 aromatic rings. The average molecular weight is 395 g/mol. The first-order valence-corrected chi connectivity index (χ1v) is 9.33. The third-order valence-electron chi connectivity index (χ3n) is 5.43. The Morgan fingerprint density at radius 3 is 2.86 bits per heavy atom. The monoisotopic (exact) mass is 395 g/mol. The number of fused-ring (bicyclic) bond motifs is 2. The van der Waals surface area contributed by atoms with Gasteiger partial charge in [-0.1, -0.05) is 6.07 Å². The van der Waals surface area contributed by atoms with E-state index in [1.54, 1.807) is 18.9 Å². The molecule has 9 heteroatoms. The van der Waals surface area contributed by atoms with E-state index in [1.807, 2.05) is 30.3 Å². The Hall–Kier alpha value is -3.33. The lowest BCUT2D eigenvalue weighted by Crippen LogP contribution is -2.35. The number of rotatable bonds is 4. The maximum Gasteiger partial charge on any atom is 0.231 e. The van der Waals surface area contributed by atoms with Gasteiger partial charge in [0, 0.05) is 18.2 Å². The van der Waals surface area contributed by atoms with Crippen LogP contribution in [0, 0.1) is 0 Å². The molecule has 2 aromatic carbocycles. The number of likely N-dealkylation sites (N-methyl/N-ethyl adjacent to an activating group) is 1. The number of aromatic nitrogens is 4. The van der Waals surface area contributed by atoms with Crippen LogP contribution in [0.5, 0.6) is 23.0 Å². The largest absolute Gasteiger partial charge is 0.497 e. The van der Waals surface area contributed by atoms with Crippen molar-refractivity contribution in [1.29, 1.82) is 0 Å². The summed E-state index contributed by atoms with van der Waals surface area (Å²) in [6, 6.07) is 9.49. The molecule has 9 nitrogen and oxygen atoms in total. The number of tetrazole rings is 1. The third-order valence-corrected chi connectivity index (χ3v) is 5.43. The van der Waals surface area contributed by atoms with E-state index in [9.17, 15) is 0 Å². The fourth-order valence-corrected chi connectivity index (χ4v) is 4.05. The summed E-state index contributed by atoms with van der Waals surface area (Å²) in [6.07, 6.45) is 0.871. The molecular weight excluding hydrogens is 374 g/mol. The average Bonchev–Trinajstić information content (AvgIpc) is 3.41. The van der Waals surface area contributed by atoms with Crippen LogP contribution in [0.15, 0.2) is 30.3 Å². The van der Waals surface area contributed by atoms with Crippen LogP contribution in [0.4, 0.5) is 0 Å². The molecule has 0 unspecified atom stereocenters. The zero-order valence-electron chi connectivity index (χ0n) is 16.5. The van der Waals surface area contributed by atoms with E-state index in [4.69, 9.17) is 18.9 Å². The van der Waals surface area contributed by atoms with Gasteiger partial charge in [0.25, 0.3) is 0 Å². The van der Waals surface area contributed by atoms with Crippen molar-refractivity contribution in [2.45, 2.75) is 12.5 Å². The van der Waals surface area contributed by atoms with Gasteiger partial charge in [-0.3, -0.25) is 4.90 Å². The molecule has 0 fully saturated rings. The number of nitrogens with zero attached hydrogens (tertiary/aromatic N) is 5. The smallest absolute Gasteiger partial charge is 0.231 e. The van der Waals surface area contributed by atoms with E-state index in [1.165, 1.54) is 0 Å². The summed E-state index contributed by atoms with van der Waals surface area (Å²) in [4.78, 5) is 2.22. The van der Waals surface area contributed by atoms with Gasteiger partial charge in [-0.25, -0.2) is 0 Å². The highest BCUT2D eigenvalue weighted by Crippen LogP contribution is 2.50. The van der Waals surface area contributed by atoms with E-state index < -0.39 is 0 Å². The fraction of sp³-hybridized carbons (Fsp3) is 0.350. The lowest BCUT2D eigenvalue weighted by molar-refractivity contribution is 0.170. The van der Waals surface area contributed by atoms with Crippen LogP contribution in [-0.2, 0) is 6.42 Å². The van der Waals surface area contributed by atoms with Crippen LogP contribution in [-0.4, -0.2) is 59.7 Å². The number of ether oxygens (including phenoxy) is 4. The van der Waals surface area contributed by atoms with Crippen LogP contribution >= 0.6 is 0 Å². The first-order valence-electron chi connectivity index (χ1n) is 9.33. The van der Waals surface area contributed by atoms with Crippen LogP contribution in [0.2, 0.25) is 0 Å². The highest BCUT2D eigenvalue weighted by Gasteiger charge is 2.37. The molecule has 0 bridgehead atoms. The number of hydrogen-bond acceptors (Lipinski definition) is 8. The summed E-state index contributed by atoms with van der Waals surface area (Å²) in [5.74, 6) is 3.45. The summed E-state index contributed by atoms with van der Waals surface area (Å²) in [7, 11) is 5.34. The molecule has 29 heavy (non-hydrogen) atoms. The van der Waals surface area contributed by atoms with Crippen molar-refractivity contribution in [3.8, 4) is 28.7 Å². The molecule has 150 valence electrons. The van der Waals surface area contributed by atoms with E-state index in [-0.39, 0.29) is 12.8 Å². The minimum absolute atomic E-state index is 0.191. The van der Waals surface area contributed by atoms with Gasteiger partial charge >= 0.3 is 0 Å². The van der Waals surface area contributed by atoms with E-state index in [0.717, 1.165) is 41.3 Å². The zero-order chi connectivity index (χ0) is 20.0. The van der Waals surface area contributed by atoms with Crippen LogP contribution in [0.3, 0.4) is 0 Å². The molecular formula is C20H21N5O4. The predicted octanol–water partition coefficient (Wildman–Crippen LogP) is 1.99. The summed E-state index contributed by atoms with van der Waals surface area (Å²) >= 11 is 0. The van der Waals surface area contributed by atoms with Gasteiger partial charge < -0.3 is 18.9 Å². The van der Waals surface area contributed by atoms with Gasteiger partial charge in [0.1, 0.15) is 11.8 Å². The lowest BCUT2D eigenvalue weighted by Gasteiger charge is -2.34. The predicted molar refractivity (Wildman–Crippen MR) is 103 cm³/mol. The SMILES string of the molecule is COc1cccc(-n2nnnc2[C@@H]2c3c(cc4c(c3OC)OCO4)CCN2C)c1. The van der Waals surface area contributed by atoms with Gasteiger partial charge in [-0.15, -0.1) is 5.10 Å². The van der Waals surface area contributed by atoms with Crippen molar-refractivity contribution in [2.24, 2.45) is 0 Å². The summed E-state index contributed by atoms with van der Waals surface area (Å²) in [6.45, 7) is 1.04. The van der Waals surface area contributed by atoms with Crippen LogP contribution in [0.25, 0.3) is 5.69 Å². The Labute approximate surface area is 167 Å². The van der Waals surface area contributed by atoms with Crippen molar-refractivity contribution < 1.29 is 18.9 Å². The van der Waals surface area contributed by atoms with Crippen molar-refractivity contribution in [1.82, 2.24) is 25.1 Å². The van der Waals surface area contributed by atoms with Crippen molar-refractivity contribution in [2.75, 3.05) is 34.6 Å². The first-order chi connectivity index (χ1) is 14.2. The molecule has 0 amide bonds. The minimum atomic E-state index is -0.204. The molecule has 3 heterocycles. The van der Waals surface area contributed by atoms with Gasteiger partial charge in [0.2, 0.25) is 12.5 Å². The summed E-state index contributed by atoms with van der Waals surface area (Å²) < 4.78 is 24.2. The normalized spacial score (nSPS) is 17.8. The van der Waals surface area contributed by atoms with Crippen LogP contribution < -0.4 is 18.9 Å². The minimum Gasteiger partial charge on any atom is -0.497 e. The molecule has 0 aliphatic carbocycles. The van der Waals surface area contributed by atoms with E-state index >= 15 is 0 Å². The van der Waals surface area contributed by atoms with Crippen molar-refractivity contribution in [3.05, 3.63) is 47.3 Å². The molecule has 1 aromatic heterocycles. The zero-order valence-corrected chi connectivity index (χ0v) is 16.5. The van der Waals surface area contributed by atoms with Crippen molar-refractivity contribution in [3.63, 3.8) is 0 Å². The molecule has 2 aliphatic heterocycles. The maximum absolute atomic E-state index is 5.78. The second kappa shape index (κ2) is 6.93. The number of methoxy groups -OCH3 is 2. The van der Waals surface area contributed by atoms with Crippen LogP contribution in [0.1, 0.15) is 23.0 Å². The molecule has 1 atom stereocenters. The van der Waals surface area contributed by atoms with E-state index in [0.29, 0.717) is 17.3 Å². The molecule has 0 spiro atoms. The first kappa shape index (κ1) is 17.7. The Morgan fingerprint density at radius 2 is 2.03 bits per heavy atom. The van der Waals surface area contributed by atoms with Crippen molar-refractivity contribution >= 4 is 0 Å². The second-order valence-electron chi connectivity index (χ2n) is 7.00.